The van der Waals surface area contributed by atoms with Gasteiger partial charge in [-0.2, -0.15) is 13.2 Å². The average molecular weight is 446 g/mol. The van der Waals surface area contributed by atoms with E-state index >= 15 is 0 Å². The third-order valence-corrected chi connectivity index (χ3v) is 5.35. The lowest BCUT2D eigenvalue weighted by Crippen LogP contribution is -2.46. The van der Waals surface area contributed by atoms with Gasteiger partial charge in [0.2, 0.25) is 11.5 Å². The van der Waals surface area contributed by atoms with E-state index in [1.807, 2.05) is 54.8 Å². The van der Waals surface area contributed by atoms with Crippen LogP contribution in [0.4, 0.5) is 13.2 Å². The third-order valence-electron chi connectivity index (χ3n) is 5.35. The van der Waals surface area contributed by atoms with Gasteiger partial charge >= 0.3 is 6.18 Å². The van der Waals surface area contributed by atoms with Crippen LogP contribution in [0.5, 0.6) is 0 Å². The molecule has 3 rings (SSSR count). The summed E-state index contributed by atoms with van der Waals surface area (Å²) >= 11 is 0. The molecule has 0 bridgehead atoms. The Morgan fingerprint density at radius 2 is 1.91 bits per heavy atom. The number of rotatable bonds is 7. The van der Waals surface area contributed by atoms with Crippen LogP contribution in [0.2, 0.25) is 0 Å². The van der Waals surface area contributed by atoms with E-state index in [1.54, 1.807) is 6.08 Å². The first-order valence-electron chi connectivity index (χ1n) is 10.0. The van der Waals surface area contributed by atoms with E-state index in [0.29, 0.717) is 0 Å². The maximum atomic E-state index is 13.5. The molecule has 0 aliphatic rings. The summed E-state index contributed by atoms with van der Waals surface area (Å²) in [7, 11) is 1.37. The smallest absolute Gasteiger partial charge is 0.374 e. The van der Waals surface area contributed by atoms with Crippen LogP contribution in [0.15, 0.2) is 54.9 Å². The SMILES string of the molecule is Cc1cc(/C=C/C(=O)NCCC(O)(c2nccn2C)C(F)(F)F)c(C)n1-c1ccccc1. The van der Waals surface area contributed by atoms with Gasteiger partial charge in [-0.15, -0.1) is 0 Å². The zero-order chi connectivity index (χ0) is 23.5. The van der Waals surface area contributed by atoms with E-state index in [9.17, 15) is 23.1 Å². The highest BCUT2D eigenvalue weighted by atomic mass is 19.4. The molecule has 0 aliphatic heterocycles. The summed E-state index contributed by atoms with van der Waals surface area (Å²) < 4.78 is 43.8. The molecule has 170 valence electrons. The normalized spacial score (nSPS) is 14.0. The molecule has 3 aromatic rings. The van der Waals surface area contributed by atoms with Crippen LogP contribution in [0.25, 0.3) is 11.8 Å². The average Bonchev–Trinajstić information content (AvgIpc) is 3.28. The van der Waals surface area contributed by atoms with Gasteiger partial charge in [0.05, 0.1) is 0 Å². The number of imidazole rings is 1. The first kappa shape index (κ1) is 23.3. The number of halogens is 3. The van der Waals surface area contributed by atoms with Crippen molar-refractivity contribution in [3.63, 3.8) is 0 Å². The predicted molar refractivity (Wildman–Crippen MR) is 115 cm³/mol. The molecule has 0 aliphatic carbocycles. The number of carbonyl (C=O) groups excluding carboxylic acids is 1. The first-order valence-corrected chi connectivity index (χ1v) is 10.0. The highest BCUT2D eigenvalue weighted by Crippen LogP contribution is 2.40. The number of aliphatic hydroxyl groups is 1. The molecule has 1 amide bonds. The van der Waals surface area contributed by atoms with Crippen LogP contribution >= 0.6 is 0 Å². The largest absolute Gasteiger partial charge is 0.424 e. The minimum absolute atomic E-state index is 0.380. The quantitative estimate of drug-likeness (QED) is 0.543. The zero-order valence-corrected chi connectivity index (χ0v) is 18.0. The highest BCUT2D eigenvalue weighted by Gasteiger charge is 2.57. The second-order valence-electron chi connectivity index (χ2n) is 7.59. The Bertz CT molecular complexity index is 1120. The zero-order valence-electron chi connectivity index (χ0n) is 18.0. The number of hydrogen-bond acceptors (Lipinski definition) is 3. The van der Waals surface area contributed by atoms with Crippen molar-refractivity contribution in [2.45, 2.75) is 32.0 Å². The van der Waals surface area contributed by atoms with Gasteiger partial charge in [0.1, 0.15) is 5.82 Å². The van der Waals surface area contributed by atoms with Crippen LogP contribution in [0.3, 0.4) is 0 Å². The van der Waals surface area contributed by atoms with Crippen molar-refractivity contribution in [3.8, 4) is 5.69 Å². The van der Waals surface area contributed by atoms with Crippen molar-refractivity contribution in [2.75, 3.05) is 6.54 Å². The molecular weight excluding hydrogens is 421 g/mol. The van der Waals surface area contributed by atoms with Gasteiger partial charge in [-0.05, 0) is 43.7 Å². The third kappa shape index (κ3) is 4.62. The monoisotopic (exact) mass is 446 g/mol. The van der Waals surface area contributed by atoms with E-state index in [2.05, 4.69) is 10.3 Å². The molecule has 2 heterocycles. The fourth-order valence-corrected chi connectivity index (χ4v) is 3.67. The van der Waals surface area contributed by atoms with Gasteiger partial charge in [0.15, 0.2) is 0 Å². The maximum Gasteiger partial charge on any atom is 0.424 e. The summed E-state index contributed by atoms with van der Waals surface area (Å²) in [6.07, 6.45) is -0.319. The summed E-state index contributed by atoms with van der Waals surface area (Å²) in [5.74, 6) is -1.08. The molecule has 2 N–H and O–H groups in total. The van der Waals surface area contributed by atoms with Crippen molar-refractivity contribution in [3.05, 3.63) is 77.6 Å². The molecule has 2 aromatic heterocycles. The second-order valence-corrected chi connectivity index (χ2v) is 7.59. The number of aryl methyl sites for hydroxylation is 2. The topological polar surface area (TPSA) is 72.1 Å². The summed E-state index contributed by atoms with van der Waals surface area (Å²) in [6, 6.07) is 11.7. The number of amides is 1. The van der Waals surface area contributed by atoms with Crippen LogP contribution in [0, 0.1) is 13.8 Å². The first-order chi connectivity index (χ1) is 15.0. The number of benzene rings is 1. The number of nitrogens with zero attached hydrogens (tertiary/aromatic N) is 3. The van der Waals surface area contributed by atoms with Crippen molar-refractivity contribution >= 4 is 12.0 Å². The van der Waals surface area contributed by atoms with Crippen molar-refractivity contribution < 1.29 is 23.1 Å². The van der Waals surface area contributed by atoms with Gasteiger partial charge in [-0.3, -0.25) is 4.79 Å². The standard InChI is InChI=1S/C23H25F3N4O2/c1-16-15-18(17(2)30(16)19-7-5-4-6-8-19)9-10-20(31)27-12-11-22(32,23(24,25)26)21-28-13-14-29(21)3/h4-10,13-15,32H,11-12H2,1-3H3,(H,27,31)/b10-9+. The molecule has 32 heavy (non-hydrogen) atoms. The Labute approximate surface area is 184 Å². The lowest BCUT2D eigenvalue weighted by Gasteiger charge is -2.29. The molecule has 0 radical (unpaired) electrons. The summed E-state index contributed by atoms with van der Waals surface area (Å²) in [5, 5.41) is 12.7. The Morgan fingerprint density at radius 1 is 1.22 bits per heavy atom. The van der Waals surface area contributed by atoms with Crippen molar-refractivity contribution in [1.29, 1.82) is 0 Å². The Morgan fingerprint density at radius 3 is 2.50 bits per heavy atom. The molecule has 9 heteroatoms. The number of para-hydroxylation sites is 1. The minimum atomic E-state index is -4.94. The van der Waals surface area contributed by atoms with Crippen LogP contribution in [0.1, 0.15) is 29.2 Å². The Hall–Kier alpha value is -3.33. The number of alkyl halides is 3. The van der Waals surface area contributed by atoms with E-state index in [1.165, 1.54) is 25.5 Å². The van der Waals surface area contributed by atoms with Crippen molar-refractivity contribution in [2.24, 2.45) is 7.05 Å². The fraction of sp³-hybridized carbons (Fsp3) is 0.304. The van der Waals surface area contributed by atoms with E-state index < -0.39 is 29.9 Å². The summed E-state index contributed by atoms with van der Waals surface area (Å²) in [5.41, 5.74) is 0.565. The lowest BCUT2D eigenvalue weighted by molar-refractivity contribution is -0.272. The van der Waals surface area contributed by atoms with Gasteiger partial charge in [-0.1, -0.05) is 18.2 Å². The summed E-state index contributed by atoms with van der Waals surface area (Å²) in [4.78, 5) is 15.8. The molecule has 1 atom stereocenters. The van der Waals surface area contributed by atoms with Gasteiger partial charge in [-0.25, -0.2) is 4.98 Å². The molecule has 1 aromatic carbocycles. The summed E-state index contributed by atoms with van der Waals surface area (Å²) in [6.45, 7) is 3.50. The Balaban J connectivity index is 1.67. The maximum absolute atomic E-state index is 13.5. The van der Waals surface area contributed by atoms with E-state index in [4.69, 9.17) is 0 Å². The number of carbonyl (C=O) groups is 1. The molecule has 0 fully saturated rings. The molecule has 1 unspecified atom stereocenters. The van der Waals surface area contributed by atoms with Crippen LogP contribution in [-0.2, 0) is 17.4 Å². The van der Waals surface area contributed by atoms with Crippen LogP contribution < -0.4 is 5.32 Å². The fourth-order valence-electron chi connectivity index (χ4n) is 3.67. The number of nitrogens with one attached hydrogen (secondary N) is 1. The predicted octanol–water partition coefficient (Wildman–Crippen LogP) is 3.80. The molecule has 0 saturated carbocycles. The molecular formula is C23H25F3N4O2. The molecule has 0 saturated heterocycles. The van der Waals surface area contributed by atoms with Gasteiger partial charge in [0, 0.05) is 55.6 Å². The number of aromatic nitrogens is 3. The number of hydrogen-bond donors (Lipinski definition) is 2. The Kier molecular flexibility index (Phi) is 6.59. The van der Waals surface area contributed by atoms with E-state index in [0.717, 1.165) is 27.2 Å². The highest BCUT2D eigenvalue weighted by molar-refractivity contribution is 5.91. The van der Waals surface area contributed by atoms with Gasteiger partial charge in [0.25, 0.3) is 0 Å². The minimum Gasteiger partial charge on any atom is -0.374 e. The molecule has 0 spiro atoms. The van der Waals surface area contributed by atoms with E-state index in [-0.39, 0.29) is 6.54 Å². The lowest BCUT2D eigenvalue weighted by atomic mass is 9.97. The van der Waals surface area contributed by atoms with Crippen molar-refractivity contribution in [1.82, 2.24) is 19.4 Å². The van der Waals surface area contributed by atoms with Gasteiger partial charge < -0.3 is 19.6 Å². The second kappa shape index (κ2) is 9.04. The van der Waals surface area contributed by atoms with Crippen LogP contribution in [-0.4, -0.2) is 37.9 Å². The molecule has 6 nitrogen and oxygen atoms in total.